The molecule has 1 unspecified atom stereocenters. The van der Waals surface area contributed by atoms with Gasteiger partial charge in [-0.15, -0.1) is 0 Å². The number of methoxy groups -OCH3 is 1. The van der Waals surface area contributed by atoms with Crippen LogP contribution in [0.1, 0.15) is 48.2 Å². The summed E-state index contributed by atoms with van der Waals surface area (Å²) >= 11 is 0. The highest BCUT2D eigenvalue weighted by molar-refractivity contribution is 5.43. The van der Waals surface area contributed by atoms with Crippen LogP contribution in [-0.2, 0) is 7.05 Å². The summed E-state index contributed by atoms with van der Waals surface area (Å²) in [4.78, 5) is 12.4. The Hall–Kier alpha value is -2.14. The molecular formula is C17H23N3O2. The van der Waals surface area contributed by atoms with Crippen molar-refractivity contribution in [1.29, 1.82) is 0 Å². The van der Waals surface area contributed by atoms with Crippen LogP contribution in [0.25, 0.3) is 0 Å². The van der Waals surface area contributed by atoms with Gasteiger partial charge in [-0.3, -0.25) is 4.79 Å². The van der Waals surface area contributed by atoms with Crippen molar-refractivity contribution >= 4 is 0 Å². The molecule has 2 N–H and O–H groups in total. The number of aryl methyl sites for hydroxylation is 2. The molecule has 0 amide bonds. The summed E-state index contributed by atoms with van der Waals surface area (Å²) in [6.45, 7) is 6.06. The fourth-order valence-electron chi connectivity index (χ4n) is 2.42. The molecule has 1 aromatic carbocycles. The highest BCUT2D eigenvalue weighted by Gasteiger charge is 2.20. The second-order valence-corrected chi connectivity index (χ2v) is 5.83. The Morgan fingerprint density at radius 3 is 2.50 bits per heavy atom. The van der Waals surface area contributed by atoms with Crippen LogP contribution in [0.3, 0.4) is 0 Å². The molecule has 0 aliphatic carbocycles. The number of nitrogens with zero attached hydrogens (tertiary/aromatic N) is 2. The van der Waals surface area contributed by atoms with Crippen LogP contribution in [0, 0.1) is 6.92 Å². The molecule has 5 nitrogen and oxygen atoms in total. The molecule has 0 aliphatic heterocycles. The number of rotatable bonds is 4. The number of benzene rings is 1. The Morgan fingerprint density at radius 2 is 1.91 bits per heavy atom. The van der Waals surface area contributed by atoms with Crippen LogP contribution < -0.4 is 16.0 Å². The van der Waals surface area contributed by atoms with Crippen LogP contribution in [0.15, 0.2) is 29.1 Å². The quantitative estimate of drug-likeness (QED) is 0.940. The molecule has 118 valence electrons. The minimum Gasteiger partial charge on any atom is -0.496 e. The Kier molecular flexibility index (Phi) is 4.66. The Bertz CT molecular complexity index is 735. The molecule has 22 heavy (non-hydrogen) atoms. The molecular weight excluding hydrogens is 278 g/mol. The number of nitrogens with two attached hydrogens (primary N) is 1. The smallest absolute Gasteiger partial charge is 0.271 e. The van der Waals surface area contributed by atoms with E-state index in [0.29, 0.717) is 11.3 Å². The van der Waals surface area contributed by atoms with Gasteiger partial charge < -0.3 is 10.5 Å². The molecule has 0 bridgehead atoms. The van der Waals surface area contributed by atoms with Gasteiger partial charge in [-0.1, -0.05) is 31.5 Å². The van der Waals surface area contributed by atoms with E-state index in [9.17, 15) is 4.79 Å². The number of hydrogen-bond acceptors (Lipinski definition) is 4. The maximum Gasteiger partial charge on any atom is 0.271 e. The topological polar surface area (TPSA) is 70.1 Å². The van der Waals surface area contributed by atoms with E-state index < -0.39 is 6.04 Å². The van der Waals surface area contributed by atoms with E-state index in [1.54, 1.807) is 20.2 Å². The van der Waals surface area contributed by atoms with Crippen LogP contribution >= 0.6 is 0 Å². The average Bonchev–Trinajstić information content (AvgIpc) is 2.48. The minimum absolute atomic E-state index is 0.180. The minimum atomic E-state index is -0.547. The van der Waals surface area contributed by atoms with Gasteiger partial charge in [0.25, 0.3) is 5.56 Å². The van der Waals surface area contributed by atoms with Crippen LogP contribution in [-0.4, -0.2) is 16.9 Å². The van der Waals surface area contributed by atoms with Gasteiger partial charge in [0.15, 0.2) is 0 Å². The molecule has 1 atom stereocenters. The molecule has 1 heterocycles. The van der Waals surface area contributed by atoms with Crippen LogP contribution in [0.5, 0.6) is 5.75 Å². The van der Waals surface area contributed by atoms with E-state index in [0.717, 1.165) is 16.8 Å². The third-order valence-corrected chi connectivity index (χ3v) is 3.76. The normalized spacial score (nSPS) is 12.5. The largest absolute Gasteiger partial charge is 0.496 e. The molecule has 0 fully saturated rings. The predicted octanol–water partition coefficient (Wildman–Crippen LogP) is 2.27. The van der Waals surface area contributed by atoms with Gasteiger partial charge in [0, 0.05) is 18.2 Å². The lowest BCUT2D eigenvalue weighted by Gasteiger charge is -2.18. The first-order valence-corrected chi connectivity index (χ1v) is 7.33. The zero-order chi connectivity index (χ0) is 16.4. The third-order valence-electron chi connectivity index (χ3n) is 3.76. The van der Waals surface area contributed by atoms with Gasteiger partial charge in [0.2, 0.25) is 0 Å². The van der Waals surface area contributed by atoms with Gasteiger partial charge in [-0.2, -0.15) is 5.10 Å². The zero-order valence-corrected chi connectivity index (χ0v) is 13.8. The molecule has 0 radical (unpaired) electrons. The standard InChI is InChI=1S/C17H23N3O2/c1-10(2)14-9-13(17(21)20(4)19-14)16(18)12-8-11(3)6-7-15(12)22-5/h6-10,16H,18H2,1-5H3. The maximum atomic E-state index is 12.4. The first-order chi connectivity index (χ1) is 10.3. The Morgan fingerprint density at radius 1 is 1.23 bits per heavy atom. The first kappa shape index (κ1) is 16.2. The lowest BCUT2D eigenvalue weighted by Crippen LogP contribution is -2.30. The molecule has 0 saturated heterocycles. The number of aromatic nitrogens is 2. The zero-order valence-electron chi connectivity index (χ0n) is 13.8. The first-order valence-electron chi connectivity index (χ1n) is 7.33. The summed E-state index contributed by atoms with van der Waals surface area (Å²) in [5, 5.41) is 4.29. The molecule has 2 rings (SSSR count). The van der Waals surface area contributed by atoms with Gasteiger partial charge in [0.1, 0.15) is 5.75 Å². The monoisotopic (exact) mass is 301 g/mol. The van der Waals surface area contributed by atoms with Crippen molar-refractivity contribution in [3.63, 3.8) is 0 Å². The van der Waals surface area contributed by atoms with E-state index in [1.807, 2.05) is 39.0 Å². The summed E-state index contributed by atoms with van der Waals surface area (Å²) in [5.74, 6) is 0.903. The van der Waals surface area contributed by atoms with Crippen molar-refractivity contribution in [2.24, 2.45) is 12.8 Å². The maximum absolute atomic E-state index is 12.4. The molecule has 5 heteroatoms. The van der Waals surface area contributed by atoms with Crippen LogP contribution in [0.4, 0.5) is 0 Å². The summed E-state index contributed by atoms with van der Waals surface area (Å²) < 4.78 is 6.74. The van der Waals surface area contributed by atoms with Crippen molar-refractivity contribution in [3.8, 4) is 5.75 Å². The lowest BCUT2D eigenvalue weighted by molar-refractivity contribution is 0.407. The van der Waals surface area contributed by atoms with Gasteiger partial charge >= 0.3 is 0 Å². The third kappa shape index (κ3) is 3.04. The fraction of sp³-hybridized carbons (Fsp3) is 0.412. The SMILES string of the molecule is COc1ccc(C)cc1C(N)c1cc(C(C)C)nn(C)c1=O. The summed E-state index contributed by atoms with van der Waals surface area (Å²) in [6.07, 6.45) is 0. The summed E-state index contributed by atoms with van der Waals surface area (Å²) in [7, 11) is 3.25. The van der Waals surface area contributed by atoms with E-state index in [4.69, 9.17) is 10.5 Å². The average molecular weight is 301 g/mol. The van der Waals surface area contributed by atoms with Crippen LogP contribution in [0.2, 0.25) is 0 Å². The molecule has 1 aromatic heterocycles. The van der Waals surface area contributed by atoms with Gasteiger partial charge in [0.05, 0.1) is 18.8 Å². The van der Waals surface area contributed by atoms with Crippen molar-refractivity contribution in [3.05, 3.63) is 57.0 Å². The number of ether oxygens (including phenoxy) is 1. The van der Waals surface area contributed by atoms with Crippen molar-refractivity contribution in [2.75, 3.05) is 7.11 Å². The Balaban J connectivity index is 2.61. The lowest BCUT2D eigenvalue weighted by atomic mass is 9.96. The molecule has 0 spiro atoms. The van der Waals surface area contributed by atoms with Gasteiger partial charge in [-0.25, -0.2) is 4.68 Å². The molecule has 2 aromatic rings. The highest BCUT2D eigenvalue weighted by atomic mass is 16.5. The van der Waals surface area contributed by atoms with Crippen molar-refractivity contribution in [2.45, 2.75) is 32.7 Å². The predicted molar refractivity (Wildman–Crippen MR) is 87.3 cm³/mol. The van der Waals surface area contributed by atoms with Crippen molar-refractivity contribution in [1.82, 2.24) is 9.78 Å². The second kappa shape index (κ2) is 6.32. The van der Waals surface area contributed by atoms with E-state index in [1.165, 1.54) is 4.68 Å². The second-order valence-electron chi connectivity index (χ2n) is 5.83. The molecule has 0 saturated carbocycles. The fourth-order valence-corrected chi connectivity index (χ4v) is 2.42. The Labute approximate surface area is 130 Å². The van der Waals surface area contributed by atoms with Gasteiger partial charge in [-0.05, 0) is 25.0 Å². The van der Waals surface area contributed by atoms with Crippen molar-refractivity contribution < 1.29 is 4.74 Å². The van der Waals surface area contributed by atoms with E-state index >= 15 is 0 Å². The van der Waals surface area contributed by atoms with E-state index in [-0.39, 0.29) is 11.5 Å². The summed E-state index contributed by atoms with van der Waals surface area (Å²) in [6, 6.07) is 7.05. The summed E-state index contributed by atoms with van der Waals surface area (Å²) in [5.41, 5.74) is 9.45. The number of hydrogen-bond donors (Lipinski definition) is 1. The highest BCUT2D eigenvalue weighted by Crippen LogP contribution is 2.28. The van der Waals surface area contributed by atoms with E-state index in [2.05, 4.69) is 5.10 Å². The molecule has 0 aliphatic rings.